The first-order chi connectivity index (χ1) is 4.88. The third-order valence-electron chi connectivity index (χ3n) is 2.80. The van der Waals surface area contributed by atoms with Gasteiger partial charge in [0.05, 0.1) is 0 Å². The van der Waals surface area contributed by atoms with Gasteiger partial charge in [0.15, 0.2) is 0 Å². The molecule has 1 aliphatic carbocycles. The van der Waals surface area contributed by atoms with Crippen molar-refractivity contribution in [3.8, 4) is 0 Å². The quantitative estimate of drug-likeness (QED) is 0.626. The molecule has 1 nitrogen and oxygen atoms in total. The van der Waals surface area contributed by atoms with Crippen molar-refractivity contribution in [3.63, 3.8) is 0 Å². The molecule has 1 N–H and O–H groups in total. The van der Waals surface area contributed by atoms with Crippen LogP contribution in [0.1, 0.15) is 40.5 Å². The molecule has 1 saturated carbocycles. The maximum Gasteiger partial charge on any atom is 0.00922 e. The third-order valence-corrected chi connectivity index (χ3v) is 2.80. The van der Waals surface area contributed by atoms with Crippen molar-refractivity contribution in [2.24, 2.45) is 5.92 Å². The molecule has 1 fully saturated rings. The van der Waals surface area contributed by atoms with Crippen molar-refractivity contribution in [2.75, 3.05) is 7.05 Å². The zero-order valence-corrected chi connectivity index (χ0v) is 7.19. The standard InChI is InChI=1S/C9H19N.H2/c1-3-8-6-4-5-7-9(8)10-2;/h8-10H,3-7H2,1-2H3;1H/t8-,9?;/m1./s1. The molecule has 0 amide bonds. The van der Waals surface area contributed by atoms with E-state index in [2.05, 4.69) is 19.3 Å². The fraction of sp³-hybridized carbons (Fsp3) is 1.00. The SMILES string of the molecule is CC[C@@H]1CCCCC1NC.[HH]. The molecule has 62 valence electrons. The molecule has 0 bridgehead atoms. The average molecular weight is 143 g/mol. The number of hydrogen-bond donors (Lipinski definition) is 1. The molecule has 1 unspecified atom stereocenters. The highest BCUT2D eigenvalue weighted by Gasteiger charge is 2.21. The van der Waals surface area contributed by atoms with Crippen molar-refractivity contribution >= 4 is 0 Å². The van der Waals surface area contributed by atoms with E-state index in [-0.39, 0.29) is 1.43 Å². The zero-order valence-electron chi connectivity index (χ0n) is 7.19. The third kappa shape index (κ3) is 1.72. The van der Waals surface area contributed by atoms with Crippen LogP contribution in [-0.4, -0.2) is 13.1 Å². The molecule has 0 aliphatic heterocycles. The van der Waals surface area contributed by atoms with Crippen LogP contribution in [0.25, 0.3) is 0 Å². The lowest BCUT2D eigenvalue weighted by atomic mass is 9.83. The second kappa shape index (κ2) is 3.97. The number of nitrogens with one attached hydrogen (secondary N) is 1. The molecular formula is C9H21N. The lowest BCUT2D eigenvalue weighted by molar-refractivity contribution is 0.267. The maximum atomic E-state index is 3.40. The van der Waals surface area contributed by atoms with Gasteiger partial charge in [-0.25, -0.2) is 0 Å². The highest BCUT2D eigenvalue weighted by molar-refractivity contribution is 4.78. The molecule has 0 heterocycles. The number of rotatable bonds is 2. The molecule has 1 aliphatic rings. The minimum Gasteiger partial charge on any atom is -0.317 e. The lowest BCUT2D eigenvalue weighted by Crippen LogP contribution is -2.35. The Morgan fingerprint density at radius 3 is 2.60 bits per heavy atom. The topological polar surface area (TPSA) is 12.0 Å². The second-order valence-corrected chi connectivity index (χ2v) is 3.35. The van der Waals surface area contributed by atoms with Crippen LogP contribution in [0.5, 0.6) is 0 Å². The Balaban J connectivity index is 0.000001000. The van der Waals surface area contributed by atoms with E-state index in [0.29, 0.717) is 0 Å². The van der Waals surface area contributed by atoms with Gasteiger partial charge in [0.1, 0.15) is 0 Å². The predicted octanol–water partition coefficient (Wildman–Crippen LogP) is 2.42. The molecule has 0 radical (unpaired) electrons. The zero-order chi connectivity index (χ0) is 7.40. The molecule has 1 heteroatoms. The molecule has 10 heavy (non-hydrogen) atoms. The summed E-state index contributed by atoms with van der Waals surface area (Å²) >= 11 is 0. The summed E-state index contributed by atoms with van der Waals surface area (Å²) in [4.78, 5) is 0. The monoisotopic (exact) mass is 143 g/mol. The Kier molecular flexibility index (Phi) is 3.20. The van der Waals surface area contributed by atoms with Crippen molar-refractivity contribution in [1.82, 2.24) is 5.32 Å². The highest BCUT2D eigenvalue weighted by Crippen LogP contribution is 2.26. The Labute approximate surface area is 65.7 Å². The van der Waals surface area contributed by atoms with Gasteiger partial charge >= 0.3 is 0 Å². The van der Waals surface area contributed by atoms with Gasteiger partial charge in [0.2, 0.25) is 0 Å². The van der Waals surface area contributed by atoms with E-state index in [4.69, 9.17) is 0 Å². The first-order valence-electron chi connectivity index (χ1n) is 4.55. The average Bonchev–Trinajstić information content (AvgIpc) is 2.04. The highest BCUT2D eigenvalue weighted by atomic mass is 14.9. The van der Waals surface area contributed by atoms with E-state index < -0.39 is 0 Å². The Hall–Kier alpha value is -0.0400. The van der Waals surface area contributed by atoms with Crippen molar-refractivity contribution in [1.29, 1.82) is 0 Å². The molecule has 2 atom stereocenters. The van der Waals surface area contributed by atoms with Crippen LogP contribution in [0.3, 0.4) is 0 Å². The van der Waals surface area contributed by atoms with Gasteiger partial charge < -0.3 is 5.32 Å². The summed E-state index contributed by atoms with van der Waals surface area (Å²) in [5.41, 5.74) is 0. The summed E-state index contributed by atoms with van der Waals surface area (Å²) in [7, 11) is 2.10. The fourth-order valence-corrected chi connectivity index (χ4v) is 2.08. The van der Waals surface area contributed by atoms with Gasteiger partial charge in [-0.3, -0.25) is 0 Å². The van der Waals surface area contributed by atoms with Crippen LogP contribution in [0, 0.1) is 5.92 Å². The molecule has 0 aromatic carbocycles. The molecule has 1 rings (SSSR count). The summed E-state index contributed by atoms with van der Waals surface area (Å²) < 4.78 is 0. The predicted molar refractivity (Wildman–Crippen MR) is 47.2 cm³/mol. The van der Waals surface area contributed by atoms with E-state index in [1.807, 2.05) is 0 Å². The van der Waals surface area contributed by atoms with Gasteiger partial charge in [0, 0.05) is 7.47 Å². The van der Waals surface area contributed by atoms with Crippen molar-refractivity contribution in [3.05, 3.63) is 0 Å². The van der Waals surface area contributed by atoms with E-state index in [0.717, 1.165) is 12.0 Å². The Bertz CT molecular complexity index is 83.6. The molecule has 0 aromatic heterocycles. The summed E-state index contributed by atoms with van der Waals surface area (Å²) in [5.74, 6) is 0.957. The smallest absolute Gasteiger partial charge is 0.00922 e. The lowest BCUT2D eigenvalue weighted by Gasteiger charge is -2.30. The molecular weight excluding hydrogens is 122 g/mol. The molecule has 0 saturated heterocycles. The fourth-order valence-electron chi connectivity index (χ4n) is 2.08. The summed E-state index contributed by atoms with van der Waals surface area (Å²) in [6.07, 6.45) is 7.08. The summed E-state index contributed by atoms with van der Waals surface area (Å²) in [6, 6.07) is 0.818. The van der Waals surface area contributed by atoms with Crippen LogP contribution in [-0.2, 0) is 0 Å². The van der Waals surface area contributed by atoms with Crippen molar-refractivity contribution < 1.29 is 1.43 Å². The van der Waals surface area contributed by atoms with Crippen LogP contribution in [0.4, 0.5) is 0 Å². The van der Waals surface area contributed by atoms with Gasteiger partial charge in [0.25, 0.3) is 0 Å². The Morgan fingerprint density at radius 1 is 1.40 bits per heavy atom. The minimum atomic E-state index is 0. The Morgan fingerprint density at radius 2 is 2.10 bits per heavy atom. The van der Waals surface area contributed by atoms with Gasteiger partial charge in [-0.2, -0.15) is 0 Å². The normalized spacial score (nSPS) is 34.2. The van der Waals surface area contributed by atoms with Crippen molar-refractivity contribution in [2.45, 2.75) is 45.1 Å². The largest absolute Gasteiger partial charge is 0.317 e. The first kappa shape index (κ1) is 8.06. The van der Waals surface area contributed by atoms with Crippen LogP contribution in [0.15, 0.2) is 0 Å². The molecule has 0 aromatic rings. The van der Waals surface area contributed by atoms with Gasteiger partial charge in [-0.15, -0.1) is 0 Å². The molecule has 0 spiro atoms. The maximum absolute atomic E-state index is 3.40. The van der Waals surface area contributed by atoms with E-state index in [1.54, 1.807) is 0 Å². The second-order valence-electron chi connectivity index (χ2n) is 3.35. The summed E-state index contributed by atoms with van der Waals surface area (Å²) in [6.45, 7) is 2.31. The van der Waals surface area contributed by atoms with E-state index >= 15 is 0 Å². The van der Waals surface area contributed by atoms with Crippen LogP contribution in [0.2, 0.25) is 0 Å². The minimum absolute atomic E-state index is 0. The van der Waals surface area contributed by atoms with Gasteiger partial charge in [-0.05, 0) is 25.8 Å². The van der Waals surface area contributed by atoms with Gasteiger partial charge in [-0.1, -0.05) is 26.2 Å². The van der Waals surface area contributed by atoms with E-state index in [1.165, 1.54) is 32.1 Å². The van der Waals surface area contributed by atoms with Crippen LogP contribution < -0.4 is 5.32 Å². The summed E-state index contributed by atoms with van der Waals surface area (Å²) in [5, 5.41) is 3.40. The first-order valence-corrected chi connectivity index (χ1v) is 4.55. The van der Waals surface area contributed by atoms with Crippen LogP contribution >= 0.6 is 0 Å². The number of hydrogen-bond acceptors (Lipinski definition) is 1. The van der Waals surface area contributed by atoms with E-state index in [9.17, 15) is 0 Å².